The second-order valence-electron chi connectivity index (χ2n) is 9.05. The molecule has 0 N–H and O–H groups in total. The molecule has 0 spiro atoms. The molecular weight excluding hydrogens is 420 g/mol. The molecule has 3 aromatic carbocycles. The van der Waals surface area contributed by atoms with E-state index in [1.165, 1.54) is 11.1 Å². The van der Waals surface area contributed by atoms with Crippen LogP contribution in [0.5, 0.6) is 0 Å². The minimum Gasteiger partial charge on any atom is -0.298 e. The molecule has 5 rings (SSSR count). The lowest BCUT2D eigenvalue weighted by atomic mass is 10.1. The summed E-state index contributed by atoms with van der Waals surface area (Å²) < 4.78 is 1.85. The highest BCUT2D eigenvalue weighted by Gasteiger charge is 2.27. The molecular formula is C29H30N4O. The van der Waals surface area contributed by atoms with E-state index in [0.717, 1.165) is 41.4 Å². The van der Waals surface area contributed by atoms with Crippen LogP contribution in [0.25, 0.3) is 0 Å². The van der Waals surface area contributed by atoms with Gasteiger partial charge in [0.25, 0.3) is 5.56 Å². The van der Waals surface area contributed by atoms with Crippen molar-refractivity contribution in [1.29, 1.82) is 0 Å². The Morgan fingerprint density at radius 2 is 1.44 bits per heavy atom. The summed E-state index contributed by atoms with van der Waals surface area (Å²) in [6.07, 6.45) is 1.52. The predicted molar refractivity (Wildman–Crippen MR) is 138 cm³/mol. The molecule has 0 saturated heterocycles. The molecule has 0 aliphatic carbocycles. The SMILES string of the molecule is Cc1ccc(N2CN(CCc3ccccc3)Cn3c2nc(C)c(Cc2ccccc2)c3=O)cc1. The zero-order valence-corrected chi connectivity index (χ0v) is 19.8. The maximum absolute atomic E-state index is 13.8. The summed E-state index contributed by atoms with van der Waals surface area (Å²) in [5.74, 6) is 0.721. The van der Waals surface area contributed by atoms with E-state index >= 15 is 0 Å². The third-order valence-electron chi connectivity index (χ3n) is 6.50. The van der Waals surface area contributed by atoms with Crippen LogP contribution in [-0.4, -0.2) is 27.7 Å². The Labute approximate surface area is 200 Å². The van der Waals surface area contributed by atoms with Crippen LogP contribution in [-0.2, 0) is 19.5 Å². The minimum atomic E-state index is 0.0490. The Hall–Kier alpha value is -3.70. The molecule has 0 amide bonds. The molecule has 5 nitrogen and oxygen atoms in total. The summed E-state index contributed by atoms with van der Waals surface area (Å²) in [5.41, 5.74) is 6.30. The molecule has 0 radical (unpaired) electrons. The topological polar surface area (TPSA) is 41.4 Å². The Bertz CT molecular complexity index is 1310. The smallest absolute Gasteiger partial charge is 0.259 e. The number of aryl methyl sites for hydroxylation is 2. The summed E-state index contributed by atoms with van der Waals surface area (Å²) in [6.45, 7) is 6.14. The number of anilines is 2. The Kier molecular flexibility index (Phi) is 6.28. The van der Waals surface area contributed by atoms with Gasteiger partial charge in [0.1, 0.15) is 0 Å². The average Bonchev–Trinajstić information content (AvgIpc) is 2.87. The van der Waals surface area contributed by atoms with Gasteiger partial charge in [0.15, 0.2) is 0 Å². The molecule has 0 unspecified atom stereocenters. The van der Waals surface area contributed by atoms with Gasteiger partial charge >= 0.3 is 0 Å². The van der Waals surface area contributed by atoms with Crippen LogP contribution in [0.4, 0.5) is 11.6 Å². The van der Waals surface area contributed by atoms with Gasteiger partial charge in [-0.1, -0.05) is 78.4 Å². The molecule has 2 heterocycles. The number of benzene rings is 3. The molecule has 1 aliphatic heterocycles. The fraction of sp³-hybridized carbons (Fsp3) is 0.241. The number of fused-ring (bicyclic) bond motifs is 1. The van der Waals surface area contributed by atoms with E-state index in [9.17, 15) is 4.79 Å². The molecule has 0 bridgehead atoms. The van der Waals surface area contributed by atoms with E-state index < -0.39 is 0 Å². The van der Waals surface area contributed by atoms with Gasteiger partial charge in [-0.3, -0.25) is 19.2 Å². The summed E-state index contributed by atoms with van der Waals surface area (Å²) in [5, 5.41) is 0. The van der Waals surface area contributed by atoms with E-state index in [1.54, 1.807) is 0 Å². The summed E-state index contributed by atoms with van der Waals surface area (Å²) in [6, 6.07) is 29.1. The Balaban J connectivity index is 1.52. The van der Waals surface area contributed by atoms with Gasteiger partial charge in [0.2, 0.25) is 5.95 Å². The zero-order chi connectivity index (χ0) is 23.5. The zero-order valence-electron chi connectivity index (χ0n) is 19.8. The first-order valence-corrected chi connectivity index (χ1v) is 11.8. The minimum absolute atomic E-state index is 0.0490. The van der Waals surface area contributed by atoms with E-state index in [2.05, 4.69) is 77.4 Å². The van der Waals surface area contributed by atoms with Crippen LogP contribution in [0, 0.1) is 13.8 Å². The van der Waals surface area contributed by atoms with Gasteiger partial charge in [0, 0.05) is 24.2 Å². The van der Waals surface area contributed by atoms with Gasteiger partial charge < -0.3 is 0 Å². The van der Waals surface area contributed by atoms with E-state index in [1.807, 2.05) is 35.8 Å². The number of aromatic nitrogens is 2. The molecule has 0 fully saturated rings. The highest BCUT2D eigenvalue weighted by Crippen LogP contribution is 2.28. The van der Waals surface area contributed by atoms with Crippen molar-refractivity contribution < 1.29 is 0 Å². The number of hydrogen-bond acceptors (Lipinski definition) is 4. The second-order valence-corrected chi connectivity index (χ2v) is 9.05. The van der Waals surface area contributed by atoms with Crippen LogP contribution in [0.1, 0.15) is 27.9 Å². The molecule has 34 heavy (non-hydrogen) atoms. The first kappa shape index (κ1) is 22.1. The quantitative estimate of drug-likeness (QED) is 0.412. The second kappa shape index (κ2) is 9.65. The van der Waals surface area contributed by atoms with Crippen molar-refractivity contribution in [1.82, 2.24) is 14.5 Å². The third-order valence-corrected chi connectivity index (χ3v) is 6.50. The molecule has 1 aromatic heterocycles. The van der Waals surface area contributed by atoms with E-state index in [4.69, 9.17) is 4.98 Å². The highest BCUT2D eigenvalue weighted by molar-refractivity contribution is 5.59. The lowest BCUT2D eigenvalue weighted by molar-refractivity contribution is 0.200. The number of rotatable bonds is 6. The van der Waals surface area contributed by atoms with Crippen molar-refractivity contribution in [2.24, 2.45) is 0 Å². The maximum atomic E-state index is 13.8. The Morgan fingerprint density at radius 3 is 2.12 bits per heavy atom. The fourth-order valence-corrected chi connectivity index (χ4v) is 4.53. The maximum Gasteiger partial charge on any atom is 0.259 e. The van der Waals surface area contributed by atoms with Gasteiger partial charge in [-0.25, -0.2) is 4.98 Å². The monoisotopic (exact) mass is 450 g/mol. The van der Waals surface area contributed by atoms with Crippen molar-refractivity contribution in [3.63, 3.8) is 0 Å². The van der Waals surface area contributed by atoms with E-state index in [-0.39, 0.29) is 5.56 Å². The predicted octanol–water partition coefficient (Wildman–Crippen LogP) is 5.06. The largest absolute Gasteiger partial charge is 0.298 e. The van der Waals surface area contributed by atoms with Crippen LogP contribution in [0.15, 0.2) is 89.7 Å². The van der Waals surface area contributed by atoms with Gasteiger partial charge in [-0.2, -0.15) is 0 Å². The molecule has 0 atom stereocenters. The van der Waals surface area contributed by atoms with Crippen molar-refractivity contribution in [2.45, 2.75) is 33.4 Å². The van der Waals surface area contributed by atoms with Crippen molar-refractivity contribution in [2.75, 3.05) is 18.1 Å². The third kappa shape index (κ3) is 4.66. The van der Waals surface area contributed by atoms with E-state index in [0.29, 0.717) is 19.8 Å². The Morgan fingerprint density at radius 1 is 0.794 bits per heavy atom. The normalized spacial score (nSPS) is 13.6. The van der Waals surface area contributed by atoms with Crippen LogP contribution in [0.3, 0.4) is 0 Å². The molecule has 5 heteroatoms. The number of nitrogens with zero attached hydrogens (tertiary/aromatic N) is 4. The number of hydrogen-bond donors (Lipinski definition) is 0. The molecule has 1 aliphatic rings. The first-order chi connectivity index (χ1) is 16.6. The van der Waals surface area contributed by atoms with Crippen molar-refractivity contribution in [3.05, 3.63) is 123 Å². The fourth-order valence-electron chi connectivity index (χ4n) is 4.53. The van der Waals surface area contributed by atoms with Crippen molar-refractivity contribution >= 4 is 11.6 Å². The average molecular weight is 451 g/mol. The van der Waals surface area contributed by atoms with Gasteiger partial charge in [-0.15, -0.1) is 0 Å². The first-order valence-electron chi connectivity index (χ1n) is 11.8. The summed E-state index contributed by atoms with van der Waals surface area (Å²) in [7, 11) is 0. The lowest BCUT2D eigenvalue weighted by Gasteiger charge is -2.38. The lowest BCUT2D eigenvalue weighted by Crippen LogP contribution is -2.48. The van der Waals surface area contributed by atoms with Gasteiger partial charge in [-0.05, 0) is 43.5 Å². The molecule has 0 saturated carbocycles. The van der Waals surface area contributed by atoms with Crippen molar-refractivity contribution in [3.8, 4) is 0 Å². The highest BCUT2D eigenvalue weighted by atomic mass is 16.1. The summed E-state index contributed by atoms with van der Waals surface area (Å²) in [4.78, 5) is 23.2. The van der Waals surface area contributed by atoms with Crippen LogP contribution >= 0.6 is 0 Å². The van der Waals surface area contributed by atoms with Gasteiger partial charge in [0.05, 0.1) is 19.0 Å². The van der Waals surface area contributed by atoms with Crippen LogP contribution in [0.2, 0.25) is 0 Å². The molecule has 4 aromatic rings. The standard InChI is InChI=1S/C29H30N4O/c1-22-13-15-26(16-14-22)32-20-31(18-17-24-9-5-3-6-10-24)21-33-28(34)27(23(2)30-29(32)33)19-25-11-7-4-8-12-25/h3-16H,17-21H2,1-2H3. The van der Waals surface area contributed by atoms with Crippen LogP contribution < -0.4 is 10.5 Å². The molecule has 172 valence electrons. The summed E-state index contributed by atoms with van der Waals surface area (Å²) >= 11 is 0.